The zero-order chi connectivity index (χ0) is 16.8. The Balaban J connectivity index is 1.56. The van der Waals surface area contributed by atoms with Crippen molar-refractivity contribution in [1.82, 2.24) is 4.90 Å². The van der Waals surface area contributed by atoms with Crippen LogP contribution in [-0.4, -0.2) is 49.6 Å². The van der Waals surface area contributed by atoms with Crippen molar-refractivity contribution in [2.24, 2.45) is 0 Å². The molecule has 1 aliphatic heterocycles. The molecule has 2 N–H and O–H groups in total. The van der Waals surface area contributed by atoms with Gasteiger partial charge < -0.3 is 19.8 Å². The number of hydrogen-bond donors (Lipinski definition) is 2. The summed E-state index contributed by atoms with van der Waals surface area (Å²) in [4.78, 5) is 26.1. The number of anilines is 2. The maximum absolute atomic E-state index is 12.1. The number of rotatable bonds is 5. The van der Waals surface area contributed by atoms with E-state index in [1.807, 2.05) is 4.90 Å². The Kier molecular flexibility index (Phi) is 5.25. The summed E-state index contributed by atoms with van der Waals surface area (Å²) in [5, 5.41) is 5.57. The third-order valence-corrected chi connectivity index (χ3v) is 3.62. The van der Waals surface area contributed by atoms with Crippen LogP contribution in [0.15, 0.2) is 47.1 Å². The summed E-state index contributed by atoms with van der Waals surface area (Å²) in [5.41, 5.74) is 1.21. The van der Waals surface area contributed by atoms with Gasteiger partial charge in [0.1, 0.15) is 0 Å². The average molecular weight is 329 g/mol. The summed E-state index contributed by atoms with van der Waals surface area (Å²) in [6.45, 7) is 3.15. The number of carbonyl (C=O) groups excluding carboxylic acids is 2. The molecular formula is C17H19N3O4. The Bertz CT molecular complexity index is 694. The Hall–Kier alpha value is -2.64. The fourth-order valence-electron chi connectivity index (χ4n) is 2.44. The zero-order valence-corrected chi connectivity index (χ0v) is 13.2. The molecule has 1 aromatic heterocycles. The topological polar surface area (TPSA) is 83.8 Å². The fraction of sp³-hybridized carbons (Fsp3) is 0.294. The van der Waals surface area contributed by atoms with Gasteiger partial charge in [-0.1, -0.05) is 6.07 Å². The number of hydrogen-bond acceptors (Lipinski definition) is 5. The van der Waals surface area contributed by atoms with Crippen LogP contribution in [0.3, 0.4) is 0 Å². The molecule has 0 unspecified atom stereocenters. The van der Waals surface area contributed by atoms with E-state index in [2.05, 4.69) is 10.6 Å². The predicted molar refractivity (Wildman–Crippen MR) is 89.0 cm³/mol. The van der Waals surface area contributed by atoms with Crippen LogP contribution in [0.25, 0.3) is 0 Å². The van der Waals surface area contributed by atoms with Crippen molar-refractivity contribution in [3.8, 4) is 0 Å². The molecule has 7 nitrogen and oxygen atoms in total. The van der Waals surface area contributed by atoms with E-state index >= 15 is 0 Å². The Morgan fingerprint density at radius 3 is 2.50 bits per heavy atom. The minimum atomic E-state index is -0.336. The monoisotopic (exact) mass is 329 g/mol. The van der Waals surface area contributed by atoms with Gasteiger partial charge in [-0.2, -0.15) is 0 Å². The van der Waals surface area contributed by atoms with E-state index in [0.717, 1.165) is 13.1 Å². The molecule has 3 rings (SSSR count). The van der Waals surface area contributed by atoms with Crippen LogP contribution in [0.1, 0.15) is 10.6 Å². The smallest absolute Gasteiger partial charge is 0.291 e. The molecule has 126 valence electrons. The van der Waals surface area contributed by atoms with E-state index in [9.17, 15) is 9.59 Å². The molecule has 0 saturated carbocycles. The summed E-state index contributed by atoms with van der Waals surface area (Å²) in [6, 6.07) is 10.2. The molecule has 1 fully saturated rings. The molecule has 0 radical (unpaired) electrons. The number of morpholine rings is 1. The minimum Gasteiger partial charge on any atom is -0.459 e. The largest absolute Gasteiger partial charge is 0.459 e. The third-order valence-electron chi connectivity index (χ3n) is 3.62. The highest BCUT2D eigenvalue weighted by Gasteiger charge is 2.14. The van der Waals surface area contributed by atoms with E-state index in [1.54, 1.807) is 36.4 Å². The highest BCUT2D eigenvalue weighted by molar-refractivity contribution is 6.02. The Morgan fingerprint density at radius 1 is 1.04 bits per heavy atom. The predicted octanol–water partition coefficient (Wildman–Crippen LogP) is 1.80. The lowest BCUT2D eigenvalue weighted by Crippen LogP contribution is -2.41. The minimum absolute atomic E-state index is 0.0913. The summed E-state index contributed by atoms with van der Waals surface area (Å²) < 4.78 is 10.3. The van der Waals surface area contributed by atoms with Crippen LogP contribution < -0.4 is 10.6 Å². The molecule has 0 atom stereocenters. The van der Waals surface area contributed by atoms with Gasteiger partial charge in [0.15, 0.2) is 5.76 Å². The van der Waals surface area contributed by atoms with E-state index in [-0.39, 0.29) is 17.6 Å². The lowest BCUT2D eigenvalue weighted by molar-refractivity contribution is -0.118. The summed E-state index contributed by atoms with van der Waals surface area (Å²) >= 11 is 0. The van der Waals surface area contributed by atoms with Gasteiger partial charge in [-0.15, -0.1) is 0 Å². The van der Waals surface area contributed by atoms with Crippen LogP contribution in [0.4, 0.5) is 11.4 Å². The molecule has 0 spiro atoms. The lowest BCUT2D eigenvalue weighted by Gasteiger charge is -2.25. The molecule has 2 amide bonds. The van der Waals surface area contributed by atoms with Gasteiger partial charge in [0, 0.05) is 24.5 Å². The van der Waals surface area contributed by atoms with Crippen molar-refractivity contribution in [3.05, 3.63) is 48.4 Å². The summed E-state index contributed by atoms with van der Waals surface area (Å²) in [5.74, 6) is -0.194. The van der Waals surface area contributed by atoms with Gasteiger partial charge in [0.25, 0.3) is 5.91 Å². The first-order chi connectivity index (χ1) is 11.7. The van der Waals surface area contributed by atoms with Crippen LogP contribution in [0, 0.1) is 0 Å². The lowest BCUT2D eigenvalue weighted by atomic mass is 10.2. The number of nitrogens with zero attached hydrogens (tertiary/aromatic N) is 1. The normalized spacial score (nSPS) is 15.0. The molecule has 1 saturated heterocycles. The third kappa shape index (κ3) is 4.43. The maximum atomic E-state index is 12.1. The second kappa shape index (κ2) is 7.76. The zero-order valence-electron chi connectivity index (χ0n) is 13.2. The molecule has 2 heterocycles. The van der Waals surface area contributed by atoms with Gasteiger partial charge >= 0.3 is 0 Å². The molecule has 24 heavy (non-hydrogen) atoms. The first kappa shape index (κ1) is 16.2. The van der Waals surface area contributed by atoms with Crippen molar-refractivity contribution in [2.45, 2.75) is 0 Å². The number of benzene rings is 1. The molecule has 0 aliphatic carbocycles. The van der Waals surface area contributed by atoms with E-state index < -0.39 is 0 Å². The number of nitrogens with one attached hydrogen (secondary N) is 2. The van der Waals surface area contributed by atoms with Gasteiger partial charge in [0.05, 0.1) is 26.0 Å². The molecule has 7 heteroatoms. The molecule has 0 bridgehead atoms. The van der Waals surface area contributed by atoms with Crippen LogP contribution in [0.5, 0.6) is 0 Å². The van der Waals surface area contributed by atoms with Crippen molar-refractivity contribution >= 4 is 23.2 Å². The van der Waals surface area contributed by atoms with Crippen LogP contribution in [-0.2, 0) is 9.53 Å². The standard InChI is InChI=1S/C17H19N3O4/c21-16(12-20-6-9-23-10-7-20)18-13-3-1-4-14(11-13)19-17(22)15-5-2-8-24-15/h1-5,8,11H,6-7,9-10,12H2,(H,18,21)(H,19,22). The van der Waals surface area contributed by atoms with Crippen molar-refractivity contribution in [1.29, 1.82) is 0 Å². The average Bonchev–Trinajstić information content (AvgIpc) is 3.10. The quantitative estimate of drug-likeness (QED) is 0.874. The fourth-order valence-corrected chi connectivity index (χ4v) is 2.44. The molecule has 2 aromatic rings. The van der Waals surface area contributed by atoms with Gasteiger partial charge in [-0.3, -0.25) is 14.5 Å². The highest BCUT2D eigenvalue weighted by Crippen LogP contribution is 2.16. The van der Waals surface area contributed by atoms with Crippen molar-refractivity contribution in [3.63, 3.8) is 0 Å². The molecule has 1 aromatic carbocycles. The second-order valence-corrected chi connectivity index (χ2v) is 5.45. The first-order valence-electron chi connectivity index (χ1n) is 7.75. The van der Waals surface area contributed by atoms with Crippen molar-refractivity contribution < 1.29 is 18.7 Å². The first-order valence-corrected chi connectivity index (χ1v) is 7.75. The summed E-state index contributed by atoms with van der Waals surface area (Å²) in [6.07, 6.45) is 1.44. The number of carbonyl (C=O) groups is 2. The van der Waals surface area contributed by atoms with E-state index in [0.29, 0.717) is 31.1 Å². The Morgan fingerprint density at radius 2 is 1.79 bits per heavy atom. The SMILES string of the molecule is O=C(CN1CCOCC1)Nc1cccc(NC(=O)c2ccco2)c1. The number of furan rings is 1. The molecule has 1 aliphatic rings. The van der Waals surface area contributed by atoms with Gasteiger partial charge in [-0.25, -0.2) is 0 Å². The number of amides is 2. The van der Waals surface area contributed by atoms with Crippen molar-refractivity contribution in [2.75, 3.05) is 43.5 Å². The van der Waals surface area contributed by atoms with Crippen LogP contribution in [0.2, 0.25) is 0 Å². The van der Waals surface area contributed by atoms with Gasteiger partial charge in [-0.05, 0) is 30.3 Å². The van der Waals surface area contributed by atoms with Gasteiger partial charge in [0.2, 0.25) is 5.91 Å². The Labute approximate surface area is 139 Å². The number of ether oxygens (including phenoxy) is 1. The summed E-state index contributed by atoms with van der Waals surface area (Å²) in [7, 11) is 0. The van der Waals surface area contributed by atoms with Crippen LogP contribution >= 0.6 is 0 Å². The van der Waals surface area contributed by atoms with E-state index in [1.165, 1.54) is 6.26 Å². The highest BCUT2D eigenvalue weighted by atomic mass is 16.5. The molecular weight excluding hydrogens is 310 g/mol. The second-order valence-electron chi connectivity index (χ2n) is 5.45. The van der Waals surface area contributed by atoms with E-state index in [4.69, 9.17) is 9.15 Å². The maximum Gasteiger partial charge on any atom is 0.291 e.